The van der Waals surface area contributed by atoms with E-state index in [9.17, 15) is 0 Å². The number of hydrogen-bond donors (Lipinski definition) is 1. The minimum Gasteiger partial charge on any atom is -0.382 e. The Morgan fingerprint density at radius 3 is 1.62 bits per heavy atom. The summed E-state index contributed by atoms with van der Waals surface area (Å²) in [6.45, 7) is 4.27. The molecule has 0 unspecified atom stereocenters. The molecule has 1 fully saturated rings. The van der Waals surface area contributed by atoms with Crippen LogP contribution in [0.4, 0.5) is 0 Å². The van der Waals surface area contributed by atoms with Gasteiger partial charge in [0.15, 0.2) is 0 Å². The Bertz CT molecular complexity index is 210. The van der Waals surface area contributed by atoms with E-state index < -0.39 is 0 Å². The van der Waals surface area contributed by atoms with Gasteiger partial charge in [0, 0.05) is 26.3 Å². The SMILES string of the molecule is COCCOCOC[C@H]1CC[C@H](COCOCCOC)N1. The first-order valence-corrected chi connectivity index (χ1v) is 7.41. The predicted molar refractivity (Wildman–Crippen MR) is 77.2 cm³/mol. The lowest BCUT2D eigenvalue weighted by Gasteiger charge is -2.15. The van der Waals surface area contributed by atoms with Crippen molar-refractivity contribution in [2.45, 2.75) is 24.9 Å². The average molecular weight is 307 g/mol. The lowest BCUT2D eigenvalue weighted by molar-refractivity contribution is -0.0742. The molecule has 0 radical (unpaired) electrons. The molecule has 1 aliphatic rings. The number of ether oxygens (including phenoxy) is 6. The van der Waals surface area contributed by atoms with Crippen LogP contribution in [0.3, 0.4) is 0 Å². The molecule has 0 aromatic heterocycles. The molecule has 7 nitrogen and oxygen atoms in total. The van der Waals surface area contributed by atoms with Crippen molar-refractivity contribution in [3.05, 3.63) is 0 Å². The average Bonchev–Trinajstić information content (AvgIpc) is 2.94. The van der Waals surface area contributed by atoms with Gasteiger partial charge < -0.3 is 33.7 Å². The molecular formula is C14H29NO6. The summed E-state index contributed by atoms with van der Waals surface area (Å²) < 4.78 is 31.2. The van der Waals surface area contributed by atoms with Crippen LogP contribution in [0.1, 0.15) is 12.8 Å². The van der Waals surface area contributed by atoms with Crippen molar-refractivity contribution >= 4 is 0 Å². The van der Waals surface area contributed by atoms with E-state index in [1.807, 2.05) is 0 Å². The summed E-state index contributed by atoms with van der Waals surface area (Å²) in [7, 11) is 3.30. The second-order valence-electron chi connectivity index (χ2n) is 4.92. The lowest BCUT2D eigenvalue weighted by Crippen LogP contribution is -2.35. The molecule has 0 aliphatic carbocycles. The van der Waals surface area contributed by atoms with Crippen molar-refractivity contribution in [1.82, 2.24) is 5.32 Å². The Labute approximate surface area is 127 Å². The zero-order chi connectivity index (χ0) is 15.2. The van der Waals surface area contributed by atoms with Crippen molar-refractivity contribution in [1.29, 1.82) is 0 Å². The maximum atomic E-state index is 5.46. The normalized spacial score (nSPS) is 22.0. The summed E-state index contributed by atoms with van der Waals surface area (Å²) in [4.78, 5) is 0. The van der Waals surface area contributed by atoms with Gasteiger partial charge in [-0.15, -0.1) is 0 Å². The first kappa shape index (κ1) is 18.8. The van der Waals surface area contributed by atoms with Crippen LogP contribution in [0.5, 0.6) is 0 Å². The van der Waals surface area contributed by atoms with Gasteiger partial charge in [0.2, 0.25) is 0 Å². The molecule has 126 valence electrons. The van der Waals surface area contributed by atoms with Crippen molar-refractivity contribution < 1.29 is 28.4 Å². The maximum Gasteiger partial charge on any atom is 0.146 e. The van der Waals surface area contributed by atoms with Gasteiger partial charge in [0.05, 0.1) is 39.6 Å². The predicted octanol–water partition coefficient (Wildman–Crippen LogP) is 0.381. The van der Waals surface area contributed by atoms with Crippen LogP contribution in [0.2, 0.25) is 0 Å². The fourth-order valence-corrected chi connectivity index (χ4v) is 2.07. The molecule has 2 atom stereocenters. The van der Waals surface area contributed by atoms with E-state index in [-0.39, 0.29) is 0 Å². The molecule has 21 heavy (non-hydrogen) atoms. The molecule has 1 rings (SSSR count). The van der Waals surface area contributed by atoms with Crippen LogP contribution in [-0.4, -0.2) is 79.5 Å². The number of methoxy groups -OCH3 is 2. The zero-order valence-corrected chi connectivity index (χ0v) is 13.2. The van der Waals surface area contributed by atoms with Crippen molar-refractivity contribution in [3.63, 3.8) is 0 Å². The second kappa shape index (κ2) is 13.4. The van der Waals surface area contributed by atoms with Gasteiger partial charge in [0.1, 0.15) is 13.6 Å². The first-order valence-electron chi connectivity index (χ1n) is 7.41. The van der Waals surface area contributed by atoms with E-state index in [0.717, 1.165) is 12.8 Å². The fraction of sp³-hybridized carbons (Fsp3) is 1.00. The van der Waals surface area contributed by atoms with Gasteiger partial charge in [-0.05, 0) is 12.8 Å². The Kier molecular flexibility index (Phi) is 12.0. The molecule has 0 spiro atoms. The van der Waals surface area contributed by atoms with Gasteiger partial charge in [0.25, 0.3) is 0 Å². The molecule has 0 saturated carbocycles. The fourth-order valence-electron chi connectivity index (χ4n) is 2.07. The number of hydrogen-bond acceptors (Lipinski definition) is 7. The molecule has 1 N–H and O–H groups in total. The molecule has 0 amide bonds. The second-order valence-corrected chi connectivity index (χ2v) is 4.92. The lowest BCUT2D eigenvalue weighted by atomic mass is 10.2. The highest BCUT2D eigenvalue weighted by Gasteiger charge is 2.23. The van der Waals surface area contributed by atoms with Gasteiger partial charge in [-0.25, -0.2) is 0 Å². The van der Waals surface area contributed by atoms with Crippen molar-refractivity contribution in [2.24, 2.45) is 0 Å². The minimum absolute atomic E-state index is 0.316. The Morgan fingerprint density at radius 2 is 1.19 bits per heavy atom. The summed E-state index contributed by atoms with van der Waals surface area (Å²) in [5, 5.41) is 3.48. The summed E-state index contributed by atoms with van der Waals surface area (Å²) >= 11 is 0. The molecule has 0 bridgehead atoms. The van der Waals surface area contributed by atoms with Crippen LogP contribution in [-0.2, 0) is 28.4 Å². The van der Waals surface area contributed by atoms with E-state index >= 15 is 0 Å². The zero-order valence-electron chi connectivity index (χ0n) is 13.2. The molecule has 0 aromatic carbocycles. The van der Waals surface area contributed by atoms with Gasteiger partial charge in [-0.1, -0.05) is 0 Å². The van der Waals surface area contributed by atoms with Crippen molar-refractivity contribution in [3.8, 4) is 0 Å². The molecule has 1 heterocycles. The summed E-state index contributed by atoms with van der Waals surface area (Å²) in [5.41, 5.74) is 0. The Balaban J connectivity index is 1.88. The molecule has 7 heteroatoms. The van der Waals surface area contributed by atoms with E-state index in [4.69, 9.17) is 28.4 Å². The molecule has 0 aromatic rings. The van der Waals surface area contributed by atoms with Gasteiger partial charge in [-0.3, -0.25) is 0 Å². The largest absolute Gasteiger partial charge is 0.382 e. The minimum atomic E-state index is 0.316. The summed E-state index contributed by atoms with van der Waals surface area (Å²) in [6, 6.07) is 0.748. The van der Waals surface area contributed by atoms with Crippen LogP contribution in [0.25, 0.3) is 0 Å². The monoisotopic (exact) mass is 307 g/mol. The highest BCUT2D eigenvalue weighted by atomic mass is 16.7. The standard InChI is InChI=1S/C14H29NO6/c1-16-5-7-18-11-20-9-13-3-4-14(15-13)10-21-12-19-8-6-17-2/h13-15H,3-12H2,1-2H3/t13-,14-/m1/s1. The maximum absolute atomic E-state index is 5.46. The van der Waals surface area contributed by atoms with Crippen molar-refractivity contribution in [2.75, 3.05) is 67.4 Å². The van der Waals surface area contributed by atoms with Crippen LogP contribution in [0, 0.1) is 0 Å². The Hall–Kier alpha value is -0.280. The third kappa shape index (κ3) is 10.1. The summed E-state index contributed by atoms with van der Waals surface area (Å²) in [6.07, 6.45) is 2.19. The highest BCUT2D eigenvalue weighted by Crippen LogP contribution is 2.13. The Morgan fingerprint density at radius 1 is 0.714 bits per heavy atom. The molecule has 1 aliphatic heterocycles. The van der Waals surface area contributed by atoms with E-state index in [1.165, 1.54) is 0 Å². The first-order chi connectivity index (χ1) is 10.4. The van der Waals surface area contributed by atoms with E-state index in [0.29, 0.717) is 65.3 Å². The quantitative estimate of drug-likeness (QED) is 0.367. The van der Waals surface area contributed by atoms with Crippen LogP contribution < -0.4 is 5.32 Å². The van der Waals surface area contributed by atoms with Crippen LogP contribution >= 0.6 is 0 Å². The third-order valence-corrected chi connectivity index (χ3v) is 3.17. The third-order valence-electron chi connectivity index (χ3n) is 3.17. The number of nitrogens with one attached hydrogen (secondary N) is 1. The van der Waals surface area contributed by atoms with Gasteiger partial charge in [-0.2, -0.15) is 0 Å². The van der Waals surface area contributed by atoms with E-state index in [2.05, 4.69) is 5.32 Å². The highest BCUT2D eigenvalue weighted by molar-refractivity contribution is 4.82. The molecular weight excluding hydrogens is 278 g/mol. The smallest absolute Gasteiger partial charge is 0.146 e. The topological polar surface area (TPSA) is 67.4 Å². The molecule has 1 saturated heterocycles. The van der Waals surface area contributed by atoms with Crippen LogP contribution in [0.15, 0.2) is 0 Å². The summed E-state index contributed by atoms with van der Waals surface area (Å²) in [5.74, 6) is 0. The van der Waals surface area contributed by atoms with E-state index in [1.54, 1.807) is 14.2 Å². The number of rotatable bonds is 14. The van der Waals surface area contributed by atoms with Gasteiger partial charge >= 0.3 is 0 Å².